The molecule has 0 aliphatic carbocycles. The molecule has 0 amide bonds. The predicted molar refractivity (Wildman–Crippen MR) is 62.6 cm³/mol. The van der Waals surface area contributed by atoms with Gasteiger partial charge in [0.15, 0.2) is 0 Å². The zero-order valence-electron chi connectivity index (χ0n) is 9.33. The largest absolute Gasteiger partial charge is 0.365 e. The van der Waals surface area contributed by atoms with Crippen molar-refractivity contribution >= 4 is 11.8 Å². The molecular formula is C13H17N. The SMILES string of the molecule is CC1=Cc2ccccc2N(C)C1(C)C. The lowest BCUT2D eigenvalue weighted by Gasteiger charge is -2.42. The first-order valence-corrected chi connectivity index (χ1v) is 5.05. The first-order chi connectivity index (χ1) is 6.53. The summed E-state index contributed by atoms with van der Waals surface area (Å²) in [6.07, 6.45) is 2.29. The van der Waals surface area contributed by atoms with E-state index >= 15 is 0 Å². The van der Waals surface area contributed by atoms with Crippen LogP contribution in [0.3, 0.4) is 0 Å². The van der Waals surface area contributed by atoms with Gasteiger partial charge in [0.25, 0.3) is 0 Å². The number of rotatable bonds is 0. The summed E-state index contributed by atoms with van der Waals surface area (Å²) < 4.78 is 0. The minimum absolute atomic E-state index is 0.133. The van der Waals surface area contributed by atoms with Crippen LogP contribution >= 0.6 is 0 Å². The van der Waals surface area contributed by atoms with Gasteiger partial charge in [-0.3, -0.25) is 0 Å². The molecule has 0 spiro atoms. The highest BCUT2D eigenvalue weighted by Crippen LogP contribution is 2.37. The second-order valence-electron chi connectivity index (χ2n) is 4.50. The first-order valence-electron chi connectivity index (χ1n) is 5.05. The molecule has 2 rings (SSSR count). The topological polar surface area (TPSA) is 3.24 Å². The number of hydrogen-bond acceptors (Lipinski definition) is 1. The average molecular weight is 187 g/mol. The highest BCUT2D eigenvalue weighted by atomic mass is 15.2. The minimum Gasteiger partial charge on any atom is -0.365 e. The molecule has 0 unspecified atom stereocenters. The molecule has 1 heteroatoms. The Bertz CT molecular complexity index is 388. The standard InChI is InChI=1S/C13H17N/c1-10-9-11-7-5-6-8-12(11)14(4)13(10,2)3/h5-9H,1-4H3. The van der Waals surface area contributed by atoms with Gasteiger partial charge in [-0.25, -0.2) is 0 Å². The van der Waals surface area contributed by atoms with Crippen LogP contribution in [-0.2, 0) is 0 Å². The van der Waals surface area contributed by atoms with Crippen LogP contribution in [0, 0.1) is 0 Å². The normalized spacial score (nSPS) is 18.9. The Kier molecular flexibility index (Phi) is 1.91. The minimum atomic E-state index is 0.133. The maximum Gasteiger partial charge on any atom is 0.0555 e. The fourth-order valence-corrected chi connectivity index (χ4v) is 1.89. The van der Waals surface area contributed by atoms with E-state index in [4.69, 9.17) is 0 Å². The van der Waals surface area contributed by atoms with Crippen molar-refractivity contribution in [1.82, 2.24) is 0 Å². The second-order valence-corrected chi connectivity index (χ2v) is 4.50. The van der Waals surface area contributed by atoms with Crippen LogP contribution in [0.2, 0.25) is 0 Å². The maximum atomic E-state index is 2.34. The Morgan fingerprint density at radius 1 is 1.14 bits per heavy atom. The summed E-state index contributed by atoms with van der Waals surface area (Å²) in [4.78, 5) is 2.34. The molecule has 0 aromatic heterocycles. The average Bonchev–Trinajstić information content (AvgIpc) is 2.15. The number of fused-ring (bicyclic) bond motifs is 1. The van der Waals surface area contributed by atoms with Crippen molar-refractivity contribution < 1.29 is 0 Å². The lowest BCUT2D eigenvalue weighted by atomic mass is 9.87. The van der Waals surface area contributed by atoms with Crippen LogP contribution in [0.4, 0.5) is 5.69 Å². The van der Waals surface area contributed by atoms with Crippen LogP contribution in [0.15, 0.2) is 29.8 Å². The summed E-state index contributed by atoms with van der Waals surface area (Å²) in [5.41, 5.74) is 4.20. The van der Waals surface area contributed by atoms with Crippen molar-refractivity contribution in [2.24, 2.45) is 0 Å². The Morgan fingerprint density at radius 2 is 1.79 bits per heavy atom. The summed E-state index contributed by atoms with van der Waals surface area (Å²) in [6, 6.07) is 8.54. The number of likely N-dealkylation sites (N-methyl/N-ethyl adjacent to an activating group) is 1. The lowest BCUT2D eigenvalue weighted by molar-refractivity contribution is 0.565. The van der Waals surface area contributed by atoms with Gasteiger partial charge in [0, 0.05) is 12.7 Å². The zero-order chi connectivity index (χ0) is 10.3. The van der Waals surface area contributed by atoms with E-state index in [-0.39, 0.29) is 5.54 Å². The molecule has 0 N–H and O–H groups in total. The van der Waals surface area contributed by atoms with Crippen LogP contribution < -0.4 is 4.90 Å². The van der Waals surface area contributed by atoms with Crippen molar-refractivity contribution in [3.8, 4) is 0 Å². The molecule has 74 valence electrons. The third-order valence-corrected chi connectivity index (χ3v) is 3.47. The Labute approximate surface area is 86.1 Å². The third kappa shape index (κ3) is 1.16. The lowest BCUT2D eigenvalue weighted by Crippen LogP contribution is -2.44. The molecule has 1 heterocycles. The molecule has 1 aliphatic rings. The van der Waals surface area contributed by atoms with E-state index in [0.29, 0.717) is 0 Å². The van der Waals surface area contributed by atoms with Crippen molar-refractivity contribution in [1.29, 1.82) is 0 Å². The smallest absolute Gasteiger partial charge is 0.0555 e. The summed E-state index contributed by atoms with van der Waals surface area (Å²) >= 11 is 0. The number of anilines is 1. The Morgan fingerprint density at radius 3 is 2.50 bits per heavy atom. The van der Waals surface area contributed by atoms with Crippen LogP contribution in [0.1, 0.15) is 26.3 Å². The van der Waals surface area contributed by atoms with Crippen LogP contribution in [0.25, 0.3) is 6.08 Å². The van der Waals surface area contributed by atoms with Crippen molar-refractivity contribution in [3.05, 3.63) is 35.4 Å². The monoisotopic (exact) mass is 187 g/mol. The molecule has 0 bridgehead atoms. The number of para-hydroxylation sites is 1. The number of hydrogen-bond donors (Lipinski definition) is 0. The van der Waals surface area contributed by atoms with Crippen LogP contribution in [-0.4, -0.2) is 12.6 Å². The second kappa shape index (κ2) is 2.88. The Balaban J connectivity index is 2.62. The summed E-state index contributed by atoms with van der Waals surface area (Å²) in [5.74, 6) is 0. The van der Waals surface area contributed by atoms with E-state index in [2.05, 4.69) is 63.1 Å². The van der Waals surface area contributed by atoms with E-state index in [1.165, 1.54) is 16.8 Å². The molecule has 14 heavy (non-hydrogen) atoms. The Hall–Kier alpha value is -1.24. The van der Waals surface area contributed by atoms with Gasteiger partial charge in [0.2, 0.25) is 0 Å². The van der Waals surface area contributed by atoms with Crippen molar-refractivity contribution in [2.75, 3.05) is 11.9 Å². The number of benzene rings is 1. The van der Waals surface area contributed by atoms with Gasteiger partial charge in [-0.2, -0.15) is 0 Å². The van der Waals surface area contributed by atoms with E-state index in [0.717, 1.165) is 0 Å². The third-order valence-electron chi connectivity index (χ3n) is 3.47. The summed E-state index contributed by atoms with van der Waals surface area (Å²) in [6.45, 7) is 6.72. The molecule has 1 aliphatic heterocycles. The van der Waals surface area contributed by atoms with Gasteiger partial charge < -0.3 is 4.90 Å². The van der Waals surface area contributed by atoms with Crippen molar-refractivity contribution in [2.45, 2.75) is 26.3 Å². The summed E-state index contributed by atoms with van der Waals surface area (Å²) in [5, 5.41) is 0. The van der Waals surface area contributed by atoms with Gasteiger partial charge >= 0.3 is 0 Å². The van der Waals surface area contributed by atoms with Gasteiger partial charge in [0.1, 0.15) is 0 Å². The molecular weight excluding hydrogens is 170 g/mol. The van der Waals surface area contributed by atoms with E-state index < -0.39 is 0 Å². The highest BCUT2D eigenvalue weighted by molar-refractivity contribution is 5.75. The molecule has 0 saturated heterocycles. The van der Waals surface area contributed by atoms with Gasteiger partial charge in [-0.05, 0) is 38.0 Å². The van der Waals surface area contributed by atoms with Gasteiger partial charge in [-0.15, -0.1) is 0 Å². The fourth-order valence-electron chi connectivity index (χ4n) is 1.89. The molecule has 0 atom stereocenters. The van der Waals surface area contributed by atoms with E-state index in [1.807, 2.05) is 0 Å². The van der Waals surface area contributed by atoms with E-state index in [9.17, 15) is 0 Å². The maximum absolute atomic E-state index is 2.34. The molecule has 0 radical (unpaired) electrons. The van der Waals surface area contributed by atoms with Gasteiger partial charge in [0.05, 0.1) is 5.54 Å². The quantitative estimate of drug-likeness (QED) is 0.602. The van der Waals surface area contributed by atoms with Gasteiger partial charge in [-0.1, -0.05) is 24.3 Å². The number of nitrogens with zero attached hydrogens (tertiary/aromatic N) is 1. The van der Waals surface area contributed by atoms with E-state index in [1.54, 1.807) is 0 Å². The van der Waals surface area contributed by atoms with Crippen molar-refractivity contribution in [3.63, 3.8) is 0 Å². The molecule has 1 aromatic rings. The first kappa shape index (κ1) is 9.32. The molecule has 0 saturated carbocycles. The predicted octanol–water partition coefficient (Wildman–Crippen LogP) is 3.32. The molecule has 0 fully saturated rings. The molecule has 1 aromatic carbocycles. The summed E-state index contributed by atoms with van der Waals surface area (Å²) in [7, 11) is 2.16. The fraction of sp³-hybridized carbons (Fsp3) is 0.385. The highest BCUT2D eigenvalue weighted by Gasteiger charge is 2.30. The molecule has 1 nitrogen and oxygen atoms in total. The van der Waals surface area contributed by atoms with Crippen LogP contribution in [0.5, 0.6) is 0 Å². The zero-order valence-corrected chi connectivity index (χ0v) is 9.33.